The molecule has 0 aliphatic carbocycles. The van der Waals surface area contributed by atoms with Gasteiger partial charge in [-0.2, -0.15) is 0 Å². The number of carbonyl (C=O) groups is 1. The summed E-state index contributed by atoms with van der Waals surface area (Å²) in [4.78, 5) is 11.6. The maximum atomic E-state index is 11.6. The van der Waals surface area contributed by atoms with Crippen LogP contribution in [-0.2, 0) is 17.8 Å². The van der Waals surface area contributed by atoms with Gasteiger partial charge in [0, 0.05) is 6.54 Å². The molecule has 2 unspecified atom stereocenters. The number of aryl methyl sites for hydroxylation is 1. The minimum absolute atomic E-state index is 0.223. The zero-order valence-corrected chi connectivity index (χ0v) is 18.1. The third-order valence-electron chi connectivity index (χ3n) is 4.29. The van der Waals surface area contributed by atoms with Crippen molar-refractivity contribution in [2.45, 2.75) is 52.9 Å². The second-order valence-electron chi connectivity index (χ2n) is 7.45. The molecule has 0 spiro atoms. The smallest absolute Gasteiger partial charge is 0.407 e. The first-order valence-electron chi connectivity index (χ1n) is 10.3. The van der Waals surface area contributed by atoms with E-state index in [2.05, 4.69) is 55.7 Å². The van der Waals surface area contributed by atoms with Gasteiger partial charge in [0.1, 0.15) is 6.61 Å². The molecule has 160 valence electrons. The van der Waals surface area contributed by atoms with Crippen molar-refractivity contribution in [1.82, 2.24) is 10.6 Å². The molecule has 0 radical (unpaired) electrons. The summed E-state index contributed by atoms with van der Waals surface area (Å²) in [5, 5.41) is 15.7. The van der Waals surface area contributed by atoms with Crippen LogP contribution in [0.4, 0.5) is 4.79 Å². The summed E-state index contributed by atoms with van der Waals surface area (Å²) in [6.45, 7) is 9.62. The molecule has 0 fully saturated rings. The first-order chi connectivity index (χ1) is 13.9. The highest BCUT2D eigenvalue weighted by molar-refractivity contribution is 5.67. The second-order valence-corrected chi connectivity index (χ2v) is 7.45. The van der Waals surface area contributed by atoms with Gasteiger partial charge >= 0.3 is 6.09 Å². The topological polar surface area (TPSA) is 70.6 Å². The van der Waals surface area contributed by atoms with Crippen molar-refractivity contribution < 1.29 is 14.6 Å². The van der Waals surface area contributed by atoms with Crippen LogP contribution in [0.2, 0.25) is 0 Å². The Kier molecular flexibility index (Phi) is 12.4. The average Bonchev–Trinajstić information content (AvgIpc) is 2.73. The fraction of sp³-hybridized carbons (Fsp3) is 0.458. The molecule has 0 saturated carbocycles. The predicted octanol–water partition coefficient (Wildman–Crippen LogP) is 4.16. The minimum Gasteiger partial charge on any atom is -0.445 e. The fourth-order valence-corrected chi connectivity index (χ4v) is 2.46. The van der Waals surface area contributed by atoms with Crippen LogP contribution >= 0.6 is 0 Å². The monoisotopic (exact) mass is 400 g/mol. The van der Waals surface area contributed by atoms with E-state index in [0.717, 1.165) is 18.5 Å². The van der Waals surface area contributed by atoms with Gasteiger partial charge in [0.05, 0.1) is 12.1 Å². The molecule has 5 nitrogen and oxygen atoms in total. The number of nitrogens with one attached hydrogen (secondary N) is 2. The fourth-order valence-electron chi connectivity index (χ4n) is 2.46. The molecule has 0 heterocycles. The van der Waals surface area contributed by atoms with Crippen molar-refractivity contribution >= 4 is 6.09 Å². The van der Waals surface area contributed by atoms with Gasteiger partial charge in [0.15, 0.2) is 0 Å². The lowest BCUT2D eigenvalue weighted by Crippen LogP contribution is -2.46. The quantitative estimate of drug-likeness (QED) is 0.591. The second kappa shape index (κ2) is 14.6. The van der Waals surface area contributed by atoms with Crippen molar-refractivity contribution in [2.24, 2.45) is 5.92 Å². The van der Waals surface area contributed by atoms with Crippen LogP contribution in [0.1, 0.15) is 38.8 Å². The lowest BCUT2D eigenvalue weighted by Gasteiger charge is -2.21. The largest absolute Gasteiger partial charge is 0.445 e. The minimum atomic E-state index is -0.645. The zero-order valence-electron chi connectivity index (χ0n) is 18.1. The van der Waals surface area contributed by atoms with Gasteiger partial charge in [-0.3, -0.25) is 0 Å². The van der Waals surface area contributed by atoms with Gasteiger partial charge in [-0.1, -0.05) is 81.4 Å². The molecule has 29 heavy (non-hydrogen) atoms. The van der Waals surface area contributed by atoms with Crippen molar-refractivity contribution in [3.63, 3.8) is 0 Å². The standard InChI is InChI=1S/C16H26N2O3.C8H10/c1-12(2)9-17-10-15(19)13(3)18-16(20)21-11-14-7-5-4-6-8-14;1-2-8-6-4-3-5-7-8/h4-8,12-13,15,17,19H,9-11H2,1-3H3,(H,18,20);3-7H,2H2,1H3. The zero-order chi connectivity index (χ0) is 21.5. The van der Waals surface area contributed by atoms with E-state index in [1.54, 1.807) is 6.92 Å². The molecule has 2 rings (SSSR count). The maximum absolute atomic E-state index is 11.6. The molecule has 2 aromatic carbocycles. The Morgan fingerprint density at radius 3 is 1.97 bits per heavy atom. The molecule has 0 aliphatic heterocycles. The van der Waals surface area contributed by atoms with Gasteiger partial charge in [-0.25, -0.2) is 4.79 Å². The van der Waals surface area contributed by atoms with Gasteiger partial charge < -0.3 is 20.5 Å². The van der Waals surface area contributed by atoms with E-state index in [-0.39, 0.29) is 12.6 Å². The van der Waals surface area contributed by atoms with E-state index in [1.165, 1.54) is 5.56 Å². The molecule has 0 aliphatic rings. The highest BCUT2D eigenvalue weighted by Crippen LogP contribution is 2.01. The van der Waals surface area contributed by atoms with E-state index < -0.39 is 12.2 Å². The van der Waals surface area contributed by atoms with E-state index in [1.807, 2.05) is 36.4 Å². The highest BCUT2D eigenvalue weighted by atomic mass is 16.5. The highest BCUT2D eigenvalue weighted by Gasteiger charge is 2.17. The van der Waals surface area contributed by atoms with Crippen molar-refractivity contribution in [1.29, 1.82) is 0 Å². The number of benzene rings is 2. The number of carbonyl (C=O) groups excluding carboxylic acids is 1. The van der Waals surface area contributed by atoms with Crippen LogP contribution < -0.4 is 10.6 Å². The third-order valence-corrected chi connectivity index (χ3v) is 4.29. The number of hydrogen-bond acceptors (Lipinski definition) is 4. The van der Waals surface area contributed by atoms with E-state index >= 15 is 0 Å². The van der Waals surface area contributed by atoms with E-state index in [0.29, 0.717) is 12.5 Å². The summed E-state index contributed by atoms with van der Waals surface area (Å²) in [6, 6.07) is 19.6. The Hall–Kier alpha value is -2.37. The first-order valence-corrected chi connectivity index (χ1v) is 10.3. The summed E-state index contributed by atoms with van der Waals surface area (Å²) < 4.78 is 5.11. The number of hydrogen-bond donors (Lipinski definition) is 3. The van der Waals surface area contributed by atoms with Crippen LogP contribution in [0, 0.1) is 5.92 Å². The molecule has 2 aromatic rings. The van der Waals surface area contributed by atoms with Crippen LogP contribution in [0.3, 0.4) is 0 Å². The number of amides is 1. The van der Waals surface area contributed by atoms with Crippen molar-refractivity contribution in [3.8, 4) is 0 Å². The summed E-state index contributed by atoms with van der Waals surface area (Å²) in [7, 11) is 0. The Morgan fingerprint density at radius 2 is 1.48 bits per heavy atom. The van der Waals surface area contributed by atoms with Gasteiger partial charge in [-0.15, -0.1) is 0 Å². The molecule has 2 atom stereocenters. The Balaban J connectivity index is 0.000000436. The summed E-state index contributed by atoms with van der Waals surface area (Å²) in [5.41, 5.74) is 2.34. The van der Waals surface area contributed by atoms with Crippen LogP contribution in [-0.4, -0.2) is 36.4 Å². The first kappa shape index (κ1) is 24.7. The molecular formula is C24H36N2O3. The van der Waals surface area contributed by atoms with E-state index in [4.69, 9.17) is 4.74 Å². The summed E-state index contributed by atoms with van der Waals surface area (Å²) in [6.07, 6.45) is -0.0248. The molecule has 5 heteroatoms. The molecule has 0 saturated heterocycles. The lowest BCUT2D eigenvalue weighted by atomic mass is 10.1. The Labute approximate surface area is 175 Å². The summed E-state index contributed by atoms with van der Waals surface area (Å²) in [5.74, 6) is 0.524. The van der Waals surface area contributed by atoms with E-state index in [9.17, 15) is 9.90 Å². The van der Waals surface area contributed by atoms with Crippen LogP contribution in [0.25, 0.3) is 0 Å². The number of ether oxygens (including phenoxy) is 1. The van der Waals surface area contributed by atoms with Crippen LogP contribution in [0.5, 0.6) is 0 Å². The molecular weight excluding hydrogens is 364 g/mol. The number of alkyl carbamates (subject to hydrolysis) is 1. The third kappa shape index (κ3) is 11.9. The van der Waals surface area contributed by atoms with Crippen LogP contribution in [0.15, 0.2) is 60.7 Å². The van der Waals surface area contributed by atoms with Gasteiger partial charge in [-0.05, 0) is 36.9 Å². The maximum Gasteiger partial charge on any atom is 0.407 e. The number of aliphatic hydroxyl groups excluding tert-OH is 1. The molecule has 0 aromatic heterocycles. The average molecular weight is 401 g/mol. The van der Waals surface area contributed by atoms with Gasteiger partial charge in [0.2, 0.25) is 0 Å². The lowest BCUT2D eigenvalue weighted by molar-refractivity contribution is 0.105. The van der Waals surface area contributed by atoms with Crippen molar-refractivity contribution in [3.05, 3.63) is 71.8 Å². The Morgan fingerprint density at radius 1 is 0.931 bits per heavy atom. The predicted molar refractivity (Wildman–Crippen MR) is 119 cm³/mol. The number of aliphatic hydroxyl groups is 1. The SMILES string of the molecule is CC(C)CNCC(O)C(C)NC(=O)OCc1ccccc1.CCc1ccccc1. The molecule has 0 bridgehead atoms. The summed E-state index contributed by atoms with van der Waals surface area (Å²) >= 11 is 0. The van der Waals surface area contributed by atoms with Crippen molar-refractivity contribution in [2.75, 3.05) is 13.1 Å². The number of rotatable bonds is 9. The normalized spacial score (nSPS) is 12.5. The Bertz CT molecular complexity index is 662. The molecule has 3 N–H and O–H groups in total. The van der Waals surface area contributed by atoms with Gasteiger partial charge in [0.25, 0.3) is 0 Å². The molecule has 1 amide bonds.